The summed E-state index contributed by atoms with van der Waals surface area (Å²) in [5.74, 6) is -5.33. The van der Waals surface area contributed by atoms with Gasteiger partial charge in [-0.15, -0.1) is 10.2 Å². The molecule has 3 N–H and O–H groups in total. The number of nitrogens with one attached hydrogen (secondary N) is 3. The van der Waals surface area contributed by atoms with Crippen molar-refractivity contribution >= 4 is 23.0 Å². The van der Waals surface area contributed by atoms with Gasteiger partial charge in [0.25, 0.3) is 5.91 Å². The van der Waals surface area contributed by atoms with Crippen molar-refractivity contribution in [3.05, 3.63) is 74.9 Å². The Morgan fingerprint density at radius 1 is 1.09 bits per heavy atom. The Morgan fingerprint density at radius 3 is 2.67 bits per heavy atom. The largest absolute Gasteiger partial charge is 0.356 e. The fraction of sp³-hybridized carbons (Fsp3) is 0.190. The van der Waals surface area contributed by atoms with Crippen molar-refractivity contribution in [3.63, 3.8) is 0 Å². The molecule has 8 nitrogen and oxygen atoms in total. The van der Waals surface area contributed by atoms with Crippen molar-refractivity contribution in [2.75, 3.05) is 0 Å². The number of carbonyl (C=O) groups is 2. The van der Waals surface area contributed by atoms with Gasteiger partial charge in [0, 0.05) is 29.5 Å². The normalized spacial score (nSPS) is 12.7. The first kappa shape index (κ1) is 21.1. The van der Waals surface area contributed by atoms with Crippen LogP contribution in [0.15, 0.2) is 24.4 Å². The zero-order chi connectivity index (χ0) is 23.1. The molecule has 12 heteroatoms. The second kappa shape index (κ2) is 8.28. The highest BCUT2D eigenvalue weighted by molar-refractivity contribution is 7.14. The number of ketones is 1. The van der Waals surface area contributed by atoms with Crippen LogP contribution in [-0.4, -0.2) is 37.1 Å². The van der Waals surface area contributed by atoms with E-state index in [0.717, 1.165) is 42.4 Å². The van der Waals surface area contributed by atoms with Crippen LogP contribution >= 0.6 is 11.3 Å². The van der Waals surface area contributed by atoms with Crippen molar-refractivity contribution in [1.29, 1.82) is 0 Å². The minimum atomic E-state index is -1.32. The molecule has 0 saturated heterocycles. The van der Waals surface area contributed by atoms with Crippen LogP contribution in [0.2, 0.25) is 0 Å². The van der Waals surface area contributed by atoms with Crippen LogP contribution in [0.3, 0.4) is 0 Å². The molecule has 3 aromatic heterocycles. The first-order valence-corrected chi connectivity index (χ1v) is 10.8. The van der Waals surface area contributed by atoms with Gasteiger partial charge in [-0.25, -0.2) is 13.2 Å². The second-order valence-electron chi connectivity index (χ2n) is 7.44. The van der Waals surface area contributed by atoms with E-state index in [1.165, 1.54) is 17.4 Å². The van der Waals surface area contributed by atoms with Gasteiger partial charge in [0.05, 0.1) is 23.5 Å². The molecule has 0 atom stereocenters. The number of H-pyrrole nitrogens is 2. The van der Waals surface area contributed by atoms with Crippen LogP contribution in [0.5, 0.6) is 0 Å². The molecule has 0 fully saturated rings. The van der Waals surface area contributed by atoms with E-state index < -0.39 is 34.7 Å². The summed E-state index contributed by atoms with van der Waals surface area (Å²) >= 11 is 1.32. The summed E-state index contributed by atoms with van der Waals surface area (Å²) in [6.45, 7) is 0.0936. The molecule has 168 valence electrons. The number of fused-ring (bicyclic) bond motifs is 1. The standard InChI is InChI=1S/C21H15F3N6O2S/c22-10-5-12(23)17(13(24)6-10)19(31)9-4-15(25-7-9)20(32)26-8-16-28-30-21(33-16)18-11-2-1-3-14(11)27-29-18/h4-7,25H,1-3,8H2,(H,26,32)(H,27,29). The lowest BCUT2D eigenvalue weighted by Gasteiger charge is -2.03. The van der Waals surface area contributed by atoms with Crippen molar-refractivity contribution in [1.82, 2.24) is 30.7 Å². The van der Waals surface area contributed by atoms with E-state index in [4.69, 9.17) is 0 Å². The lowest BCUT2D eigenvalue weighted by molar-refractivity contribution is 0.0946. The molecule has 33 heavy (non-hydrogen) atoms. The molecule has 1 amide bonds. The molecule has 3 heterocycles. The van der Waals surface area contributed by atoms with Gasteiger partial charge in [-0.3, -0.25) is 14.7 Å². The molecule has 0 unspecified atom stereocenters. The molecule has 0 radical (unpaired) electrons. The van der Waals surface area contributed by atoms with Crippen molar-refractivity contribution in [3.8, 4) is 10.7 Å². The van der Waals surface area contributed by atoms with E-state index in [1.807, 2.05) is 0 Å². The van der Waals surface area contributed by atoms with Crippen LogP contribution in [0, 0.1) is 17.5 Å². The number of amides is 1. The van der Waals surface area contributed by atoms with E-state index in [-0.39, 0.29) is 17.8 Å². The second-order valence-corrected chi connectivity index (χ2v) is 8.50. The van der Waals surface area contributed by atoms with Gasteiger partial charge in [-0.1, -0.05) is 11.3 Å². The smallest absolute Gasteiger partial charge is 0.268 e. The molecule has 1 aliphatic carbocycles. The minimum Gasteiger partial charge on any atom is -0.356 e. The molecule has 0 saturated carbocycles. The molecule has 0 spiro atoms. The quantitative estimate of drug-likeness (QED) is 0.372. The number of aromatic amines is 2. The van der Waals surface area contributed by atoms with Crippen molar-refractivity contribution in [2.45, 2.75) is 25.8 Å². The fourth-order valence-electron chi connectivity index (χ4n) is 3.73. The molecule has 4 aromatic rings. The maximum atomic E-state index is 13.9. The number of hydrogen-bond acceptors (Lipinski definition) is 6. The lowest BCUT2D eigenvalue weighted by atomic mass is 10.0. The van der Waals surface area contributed by atoms with Gasteiger partial charge in [-0.2, -0.15) is 5.10 Å². The average molecular weight is 472 g/mol. The molecule has 5 rings (SSSR count). The third-order valence-corrected chi connectivity index (χ3v) is 6.24. The number of aryl methyl sites for hydroxylation is 1. The van der Waals surface area contributed by atoms with Crippen molar-refractivity contribution < 1.29 is 22.8 Å². The molecule has 1 aromatic carbocycles. The third-order valence-electron chi connectivity index (χ3n) is 5.30. The zero-order valence-corrected chi connectivity index (χ0v) is 17.7. The fourth-order valence-corrected chi connectivity index (χ4v) is 4.53. The lowest BCUT2D eigenvalue weighted by Crippen LogP contribution is -2.23. The predicted octanol–water partition coefficient (Wildman–Crippen LogP) is 3.32. The Kier molecular flexibility index (Phi) is 5.29. The summed E-state index contributed by atoms with van der Waals surface area (Å²) in [4.78, 5) is 27.5. The predicted molar refractivity (Wildman–Crippen MR) is 111 cm³/mol. The maximum Gasteiger partial charge on any atom is 0.268 e. The Morgan fingerprint density at radius 2 is 1.88 bits per heavy atom. The van der Waals surface area contributed by atoms with E-state index >= 15 is 0 Å². The first-order valence-electron chi connectivity index (χ1n) is 9.95. The summed E-state index contributed by atoms with van der Waals surface area (Å²) in [5, 5.41) is 19.5. The Labute approximate surface area is 188 Å². The van der Waals surface area contributed by atoms with Crippen molar-refractivity contribution in [2.24, 2.45) is 0 Å². The monoisotopic (exact) mass is 472 g/mol. The van der Waals surface area contributed by atoms with E-state index in [1.54, 1.807) is 0 Å². The third kappa shape index (κ3) is 3.93. The highest BCUT2D eigenvalue weighted by Gasteiger charge is 2.24. The van der Waals surface area contributed by atoms with Crippen LogP contribution in [0.1, 0.15) is 49.1 Å². The molecule has 0 aliphatic heterocycles. The summed E-state index contributed by atoms with van der Waals surface area (Å²) in [6.07, 6.45) is 4.09. The summed E-state index contributed by atoms with van der Waals surface area (Å²) in [7, 11) is 0. The summed E-state index contributed by atoms with van der Waals surface area (Å²) in [5.41, 5.74) is 2.03. The summed E-state index contributed by atoms with van der Waals surface area (Å²) in [6, 6.07) is 2.01. The molecule has 0 bridgehead atoms. The van der Waals surface area contributed by atoms with Gasteiger partial charge in [0.15, 0.2) is 10.8 Å². The van der Waals surface area contributed by atoms with E-state index in [9.17, 15) is 22.8 Å². The number of nitrogens with zero attached hydrogens (tertiary/aromatic N) is 3. The Hall–Kier alpha value is -3.80. The molecular formula is C21H15F3N6O2S. The Bertz CT molecular complexity index is 1370. The highest BCUT2D eigenvalue weighted by Crippen LogP contribution is 2.31. The number of aromatic nitrogens is 5. The van der Waals surface area contributed by atoms with Gasteiger partial charge in [-0.05, 0) is 25.3 Å². The average Bonchev–Trinajstić information content (AvgIpc) is 3.55. The van der Waals surface area contributed by atoms with Crippen LogP contribution in [0.25, 0.3) is 10.7 Å². The minimum absolute atomic E-state index is 0.0115. The molecular weight excluding hydrogens is 457 g/mol. The highest BCUT2D eigenvalue weighted by atomic mass is 32.1. The SMILES string of the molecule is O=C(NCc1nnc(-c2[nH]nc3c2CCC3)s1)c1cc(C(=O)c2c(F)cc(F)cc2F)c[nH]1. The van der Waals surface area contributed by atoms with Crippen LogP contribution < -0.4 is 5.32 Å². The topological polar surface area (TPSA) is 116 Å². The summed E-state index contributed by atoms with van der Waals surface area (Å²) < 4.78 is 40.9. The van der Waals surface area contributed by atoms with E-state index in [2.05, 4.69) is 30.7 Å². The van der Waals surface area contributed by atoms with Crippen LogP contribution in [0.4, 0.5) is 13.2 Å². The number of hydrogen-bond donors (Lipinski definition) is 3. The maximum absolute atomic E-state index is 13.9. The van der Waals surface area contributed by atoms with Gasteiger partial charge in [0.2, 0.25) is 0 Å². The van der Waals surface area contributed by atoms with Gasteiger partial charge >= 0.3 is 0 Å². The number of carbonyl (C=O) groups excluding carboxylic acids is 2. The van der Waals surface area contributed by atoms with Gasteiger partial charge < -0.3 is 10.3 Å². The molecule has 1 aliphatic rings. The number of halogens is 3. The van der Waals surface area contributed by atoms with Gasteiger partial charge in [0.1, 0.15) is 28.2 Å². The Balaban J connectivity index is 1.26. The zero-order valence-electron chi connectivity index (χ0n) is 16.8. The number of benzene rings is 1. The number of rotatable bonds is 6. The van der Waals surface area contributed by atoms with E-state index in [0.29, 0.717) is 22.1 Å². The first-order chi connectivity index (χ1) is 15.9. The van der Waals surface area contributed by atoms with Crippen LogP contribution in [-0.2, 0) is 19.4 Å².